The second-order valence-corrected chi connectivity index (χ2v) is 8.12. The fourth-order valence-corrected chi connectivity index (χ4v) is 4.99. The lowest BCUT2D eigenvalue weighted by molar-refractivity contribution is 0.308. The number of nitrogens with zero attached hydrogens (tertiary/aromatic N) is 2. The number of imidazole rings is 1. The number of thioether (sulfide) groups is 1. The van der Waals surface area contributed by atoms with Gasteiger partial charge in [-0.25, -0.2) is 4.98 Å². The molecule has 1 aromatic heterocycles. The molecule has 1 aliphatic carbocycles. The highest BCUT2D eigenvalue weighted by Crippen LogP contribution is 2.41. The Hall–Kier alpha value is -0.480. The van der Waals surface area contributed by atoms with Gasteiger partial charge in [-0.2, -0.15) is 11.8 Å². The number of hydrogen-bond acceptors (Lipinski definition) is 3. The first kappa shape index (κ1) is 14.5. The molecular formula is C16H27N3S. The first-order chi connectivity index (χ1) is 9.73. The standard InChI is InChI=1S/C16H27N3S/c1-3-20-14-5-4-13(10-14)19-12-18-11-15(19)16(2)6-8-17-9-7-16/h11-14,17H,3-10H2,1-2H3. The van der Waals surface area contributed by atoms with E-state index < -0.39 is 0 Å². The second-order valence-electron chi connectivity index (χ2n) is 6.54. The van der Waals surface area contributed by atoms with Crippen molar-refractivity contribution >= 4 is 11.8 Å². The van der Waals surface area contributed by atoms with Crippen molar-refractivity contribution in [1.29, 1.82) is 0 Å². The van der Waals surface area contributed by atoms with Crippen molar-refractivity contribution in [1.82, 2.24) is 14.9 Å². The molecule has 3 nitrogen and oxygen atoms in total. The smallest absolute Gasteiger partial charge is 0.0950 e. The van der Waals surface area contributed by atoms with Crippen molar-refractivity contribution in [3.63, 3.8) is 0 Å². The molecule has 0 aromatic carbocycles. The summed E-state index contributed by atoms with van der Waals surface area (Å²) < 4.78 is 2.52. The third-order valence-electron chi connectivity index (χ3n) is 5.14. The Morgan fingerprint density at radius 3 is 2.95 bits per heavy atom. The topological polar surface area (TPSA) is 29.9 Å². The molecule has 2 aliphatic rings. The van der Waals surface area contributed by atoms with E-state index in [1.54, 1.807) is 0 Å². The van der Waals surface area contributed by atoms with Crippen LogP contribution in [0.5, 0.6) is 0 Å². The first-order valence-electron chi connectivity index (χ1n) is 8.07. The predicted octanol–water partition coefficient (Wildman–Crippen LogP) is 3.37. The molecule has 1 saturated heterocycles. The highest BCUT2D eigenvalue weighted by atomic mass is 32.2. The molecule has 1 aromatic rings. The van der Waals surface area contributed by atoms with E-state index in [-0.39, 0.29) is 0 Å². The molecule has 0 bridgehead atoms. The third kappa shape index (κ3) is 2.77. The van der Waals surface area contributed by atoms with Gasteiger partial charge in [-0.05, 0) is 50.9 Å². The fourth-order valence-electron chi connectivity index (χ4n) is 3.85. The van der Waals surface area contributed by atoms with Crippen molar-refractivity contribution < 1.29 is 0 Å². The lowest BCUT2D eigenvalue weighted by Gasteiger charge is -2.35. The molecule has 0 radical (unpaired) electrons. The molecule has 2 heterocycles. The SMILES string of the molecule is CCSC1CCC(n2cncc2C2(C)CCNCC2)C1. The van der Waals surface area contributed by atoms with Gasteiger partial charge in [0.1, 0.15) is 0 Å². The van der Waals surface area contributed by atoms with Gasteiger partial charge in [0.25, 0.3) is 0 Å². The Kier molecular flexibility index (Phi) is 4.41. The van der Waals surface area contributed by atoms with E-state index in [9.17, 15) is 0 Å². The summed E-state index contributed by atoms with van der Waals surface area (Å²) in [6.07, 6.45) is 10.7. The summed E-state index contributed by atoms with van der Waals surface area (Å²) in [5.74, 6) is 1.25. The maximum Gasteiger partial charge on any atom is 0.0950 e. The van der Waals surface area contributed by atoms with Crippen LogP contribution in [0, 0.1) is 0 Å². The van der Waals surface area contributed by atoms with E-state index in [1.807, 2.05) is 0 Å². The largest absolute Gasteiger partial charge is 0.331 e. The molecule has 2 fully saturated rings. The molecule has 2 unspecified atom stereocenters. The molecule has 20 heavy (non-hydrogen) atoms. The zero-order chi connectivity index (χ0) is 14.0. The zero-order valence-corrected chi connectivity index (χ0v) is 13.6. The molecule has 112 valence electrons. The number of aromatic nitrogens is 2. The summed E-state index contributed by atoms with van der Waals surface area (Å²) in [5.41, 5.74) is 1.80. The van der Waals surface area contributed by atoms with Crippen molar-refractivity contribution in [2.24, 2.45) is 0 Å². The summed E-state index contributed by atoms with van der Waals surface area (Å²) in [5, 5.41) is 4.34. The van der Waals surface area contributed by atoms with Gasteiger partial charge in [0.15, 0.2) is 0 Å². The van der Waals surface area contributed by atoms with Gasteiger partial charge in [0.2, 0.25) is 0 Å². The lowest BCUT2D eigenvalue weighted by Crippen LogP contribution is -2.39. The summed E-state index contributed by atoms with van der Waals surface area (Å²) in [6.45, 7) is 6.98. The van der Waals surface area contributed by atoms with Gasteiger partial charge in [0, 0.05) is 28.6 Å². The third-order valence-corrected chi connectivity index (χ3v) is 6.38. The molecule has 0 spiro atoms. The number of rotatable bonds is 4. The summed E-state index contributed by atoms with van der Waals surface area (Å²) >= 11 is 2.14. The van der Waals surface area contributed by atoms with Crippen LogP contribution in [-0.2, 0) is 5.41 Å². The molecule has 4 heteroatoms. The fraction of sp³-hybridized carbons (Fsp3) is 0.812. The van der Waals surface area contributed by atoms with Crippen LogP contribution in [0.3, 0.4) is 0 Å². The molecule has 0 amide bonds. The zero-order valence-electron chi connectivity index (χ0n) is 12.8. The Balaban J connectivity index is 1.77. The quantitative estimate of drug-likeness (QED) is 0.923. The van der Waals surface area contributed by atoms with Gasteiger partial charge in [0.05, 0.1) is 6.33 Å². The van der Waals surface area contributed by atoms with Crippen LogP contribution in [0.1, 0.15) is 57.7 Å². The average molecular weight is 293 g/mol. The van der Waals surface area contributed by atoms with E-state index in [4.69, 9.17) is 0 Å². The number of hydrogen-bond donors (Lipinski definition) is 1. The molecule has 2 atom stereocenters. The van der Waals surface area contributed by atoms with E-state index in [0.29, 0.717) is 11.5 Å². The summed E-state index contributed by atoms with van der Waals surface area (Å²) in [7, 11) is 0. The molecule has 3 rings (SSSR count). The molecular weight excluding hydrogens is 266 g/mol. The van der Waals surface area contributed by atoms with Crippen LogP contribution in [0.4, 0.5) is 0 Å². The van der Waals surface area contributed by atoms with E-state index >= 15 is 0 Å². The minimum Gasteiger partial charge on any atom is -0.331 e. The summed E-state index contributed by atoms with van der Waals surface area (Å²) in [4.78, 5) is 4.49. The predicted molar refractivity (Wildman–Crippen MR) is 86.5 cm³/mol. The van der Waals surface area contributed by atoms with Gasteiger partial charge in [-0.3, -0.25) is 0 Å². The minimum absolute atomic E-state index is 0.317. The Labute approximate surface area is 126 Å². The van der Waals surface area contributed by atoms with Gasteiger partial charge >= 0.3 is 0 Å². The van der Waals surface area contributed by atoms with E-state index in [1.165, 1.54) is 43.6 Å². The first-order valence-corrected chi connectivity index (χ1v) is 9.12. The molecule has 1 aliphatic heterocycles. The van der Waals surface area contributed by atoms with Crippen LogP contribution in [0.25, 0.3) is 0 Å². The van der Waals surface area contributed by atoms with E-state index in [0.717, 1.165) is 18.3 Å². The van der Waals surface area contributed by atoms with Crippen LogP contribution in [0.15, 0.2) is 12.5 Å². The van der Waals surface area contributed by atoms with E-state index in [2.05, 4.69) is 53.0 Å². The average Bonchev–Trinajstić information content (AvgIpc) is 3.08. The Morgan fingerprint density at radius 2 is 2.20 bits per heavy atom. The van der Waals surface area contributed by atoms with Crippen molar-refractivity contribution in [3.8, 4) is 0 Å². The molecule has 1 saturated carbocycles. The van der Waals surface area contributed by atoms with Crippen LogP contribution < -0.4 is 5.32 Å². The van der Waals surface area contributed by atoms with Crippen molar-refractivity contribution in [3.05, 3.63) is 18.2 Å². The second kappa shape index (κ2) is 6.10. The maximum absolute atomic E-state index is 4.49. The monoisotopic (exact) mass is 293 g/mol. The van der Waals surface area contributed by atoms with Crippen molar-refractivity contribution in [2.75, 3.05) is 18.8 Å². The number of piperidine rings is 1. The maximum atomic E-state index is 4.49. The molecule has 1 N–H and O–H groups in total. The normalized spacial score (nSPS) is 29.7. The Morgan fingerprint density at radius 1 is 1.40 bits per heavy atom. The van der Waals surface area contributed by atoms with Gasteiger partial charge in [-0.1, -0.05) is 13.8 Å². The van der Waals surface area contributed by atoms with Crippen LogP contribution >= 0.6 is 11.8 Å². The van der Waals surface area contributed by atoms with Crippen LogP contribution in [0.2, 0.25) is 0 Å². The minimum atomic E-state index is 0.317. The Bertz CT molecular complexity index is 437. The van der Waals surface area contributed by atoms with Crippen molar-refractivity contribution in [2.45, 2.75) is 62.7 Å². The van der Waals surface area contributed by atoms with Crippen LogP contribution in [-0.4, -0.2) is 33.6 Å². The van der Waals surface area contributed by atoms with Gasteiger partial charge in [-0.15, -0.1) is 0 Å². The highest BCUT2D eigenvalue weighted by molar-refractivity contribution is 7.99. The highest BCUT2D eigenvalue weighted by Gasteiger charge is 2.35. The number of nitrogens with one attached hydrogen (secondary N) is 1. The summed E-state index contributed by atoms with van der Waals surface area (Å²) in [6, 6.07) is 0.684. The van der Waals surface area contributed by atoms with Gasteiger partial charge < -0.3 is 9.88 Å². The lowest BCUT2D eigenvalue weighted by atomic mass is 9.78.